The lowest BCUT2D eigenvalue weighted by atomic mass is 10.1. The third kappa shape index (κ3) is 7.06. The molecule has 1 aliphatic rings. The second-order valence-corrected chi connectivity index (χ2v) is 8.59. The van der Waals surface area contributed by atoms with Gasteiger partial charge in [0.2, 0.25) is 5.91 Å². The predicted molar refractivity (Wildman–Crippen MR) is 135 cm³/mol. The summed E-state index contributed by atoms with van der Waals surface area (Å²) in [6.07, 6.45) is 0. The molecule has 3 N–H and O–H groups in total. The number of ether oxygens (including phenoxy) is 1. The van der Waals surface area contributed by atoms with Gasteiger partial charge in [-0.1, -0.05) is 43.6 Å². The number of aromatic nitrogens is 2. The first-order valence-electron chi connectivity index (χ1n) is 11.3. The first kappa shape index (κ1) is 26.7. The van der Waals surface area contributed by atoms with Gasteiger partial charge in [-0.25, -0.2) is 4.68 Å². The van der Waals surface area contributed by atoms with Crippen LogP contribution in [0.1, 0.15) is 24.3 Å². The molecule has 4 rings (SSSR count). The zero-order valence-electron chi connectivity index (χ0n) is 20.0. The summed E-state index contributed by atoms with van der Waals surface area (Å²) in [4.78, 5) is 34.3. The second-order valence-electron chi connectivity index (χ2n) is 8.16. The quantitative estimate of drug-likeness (QED) is 0.312. The molecule has 3 aromatic rings. The molecular weight excluding hydrogens is 486 g/mol. The van der Waals surface area contributed by atoms with E-state index in [2.05, 4.69) is 29.6 Å². The molecule has 0 atom stereocenters. The van der Waals surface area contributed by atoms with Crippen LogP contribution in [0.4, 0.5) is 0 Å². The Labute approximate surface area is 213 Å². The van der Waals surface area contributed by atoms with Crippen LogP contribution in [-0.4, -0.2) is 70.5 Å². The Kier molecular flexibility index (Phi) is 9.43. The molecule has 1 saturated heterocycles. The Morgan fingerprint density at radius 1 is 1.25 bits per heavy atom. The van der Waals surface area contributed by atoms with Crippen molar-refractivity contribution in [1.29, 1.82) is 0 Å². The molecule has 1 fully saturated rings. The van der Waals surface area contributed by atoms with Crippen molar-refractivity contribution in [2.24, 2.45) is 0 Å². The van der Waals surface area contributed by atoms with Gasteiger partial charge in [-0.15, -0.1) is 0 Å². The summed E-state index contributed by atoms with van der Waals surface area (Å²) in [5, 5.41) is 18.0. The Morgan fingerprint density at radius 3 is 2.67 bits per heavy atom. The molecule has 190 valence electrons. The smallest absolute Gasteiger partial charge is 0.290 e. The van der Waals surface area contributed by atoms with E-state index in [0.717, 1.165) is 23.5 Å². The molecule has 0 spiro atoms. The maximum Gasteiger partial charge on any atom is 0.290 e. The van der Waals surface area contributed by atoms with Gasteiger partial charge < -0.3 is 25.4 Å². The average molecular weight is 514 g/mol. The monoisotopic (exact) mass is 513 g/mol. The van der Waals surface area contributed by atoms with E-state index in [1.807, 2.05) is 36.4 Å². The third-order valence-electron chi connectivity index (χ3n) is 5.12. The Morgan fingerprint density at radius 2 is 2.00 bits per heavy atom. The van der Waals surface area contributed by atoms with Crippen molar-refractivity contribution in [3.05, 3.63) is 65.3 Å². The normalized spacial score (nSPS) is 12.7. The molecule has 11 heteroatoms. The molecule has 0 radical (unpaired) electrons. The van der Waals surface area contributed by atoms with Crippen molar-refractivity contribution in [3.63, 3.8) is 0 Å². The van der Waals surface area contributed by atoms with E-state index in [9.17, 15) is 9.59 Å². The zero-order valence-corrected chi connectivity index (χ0v) is 20.7. The standard InChI is InChI=1S/C24H26ClN5O3.CH2O2/c1-16(2)26-9-10-33-20-8-3-5-17(11-20)22-13-21(24(32)29-14-23(31)27-15-29)28-30(22)19-7-4-6-18(25)12-19;2-1-3/h3-8,11-13,16,26H,9-10,14-15H2,1-2H3,(H,27,31);1H,(H,2,3). The number of nitrogens with zero attached hydrogens (tertiary/aromatic N) is 3. The SMILES string of the molecule is CC(C)NCCOc1cccc(-c2cc(C(=O)N3CNC(=O)C3)nn2-c2cccc(Cl)c2)c1.O=CO. The van der Waals surface area contributed by atoms with Crippen LogP contribution in [0.15, 0.2) is 54.6 Å². The van der Waals surface area contributed by atoms with Gasteiger partial charge in [0, 0.05) is 23.2 Å². The van der Waals surface area contributed by atoms with Crippen LogP contribution < -0.4 is 15.4 Å². The van der Waals surface area contributed by atoms with Crippen LogP contribution in [0.5, 0.6) is 5.75 Å². The minimum absolute atomic E-state index is 0.0198. The third-order valence-corrected chi connectivity index (χ3v) is 5.36. The van der Waals surface area contributed by atoms with Crippen LogP contribution in [0.3, 0.4) is 0 Å². The summed E-state index contributed by atoms with van der Waals surface area (Å²) >= 11 is 6.21. The fourth-order valence-corrected chi connectivity index (χ4v) is 3.72. The summed E-state index contributed by atoms with van der Waals surface area (Å²) in [5.41, 5.74) is 2.52. The van der Waals surface area contributed by atoms with E-state index in [1.165, 1.54) is 4.90 Å². The molecular formula is C25H28ClN5O5. The second kappa shape index (κ2) is 12.7. The van der Waals surface area contributed by atoms with Gasteiger partial charge >= 0.3 is 0 Å². The molecule has 1 aromatic heterocycles. The van der Waals surface area contributed by atoms with E-state index in [-0.39, 0.29) is 37.2 Å². The number of amides is 2. The number of benzene rings is 2. The molecule has 2 amide bonds. The van der Waals surface area contributed by atoms with Crippen molar-refractivity contribution < 1.29 is 24.2 Å². The van der Waals surface area contributed by atoms with Crippen LogP contribution >= 0.6 is 11.6 Å². The van der Waals surface area contributed by atoms with Crippen molar-refractivity contribution in [2.75, 3.05) is 26.4 Å². The minimum Gasteiger partial charge on any atom is -0.492 e. The molecule has 10 nitrogen and oxygen atoms in total. The van der Waals surface area contributed by atoms with Gasteiger partial charge in [-0.05, 0) is 36.4 Å². The number of carbonyl (C=O) groups excluding carboxylic acids is 2. The van der Waals surface area contributed by atoms with E-state index in [0.29, 0.717) is 23.4 Å². The van der Waals surface area contributed by atoms with Crippen LogP contribution in [0.2, 0.25) is 5.02 Å². The van der Waals surface area contributed by atoms with E-state index < -0.39 is 0 Å². The summed E-state index contributed by atoms with van der Waals surface area (Å²) < 4.78 is 7.58. The fraction of sp³-hybridized carbons (Fsp3) is 0.280. The zero-order chi connectivity index (χ0) is 26.1. The molecule has 0 saturated carbocycles. The number of hydrogen-bond donors (Lipinski definition) is 3. The maximum absolute atomic E-state index is 13.0. The fourth-order valence-electron chi connectivity index (χ4n) is 3.53. The molecule has 2 aromatic carbocycles. The summed E-state index contributed by atoms with van der Waals surface area (Å²) in [5.74, 6) is 0.219. The van der Waals surface area contributed by atoms with Gasteiger partial charge in [0.15, 0.2) is 5.69 Å². The number of nitrogens with one attached hydrogen (secondary N) is 2. The lowest BCUT2D eigenvalue weighted by Crippen LogP contribution is -2.30. The average Bonchev–Trinajstić information content (AvgIpc) is 3.49. The van der Waals surface area contributed by atoms with Gasteiger partial charge in [0.05, 0.1) is 18.1 Å². The highest BCUT2D eigenvalue weighted by Gasteiger charge is 2.27. The van der Waals surface area contributed by atoms with Gasteiger partial charge in [-0.2, -0.15) is 5.10 Å². The Bertz CT molecular complexity index is 1210. The first-order valence-corrected chi connectivity index (χ1v) is 11.7. The molecule has 0 unspecified atom stereocenters. The van der Waals surface area contributed by atoms with Crippen molar-refractivity contribution in [3.8, 4) is 22.7 Å². The number of hydrogen-bond acceptors (Lipinski definition) is 6. The molecule has 0 aliphatic carbocycles. The van der Waals surface area contributed by atoms with Crippen LogP contribution in [-0.2, 0) is 9.59 Å². The molecule has 0 bridgehead atoms. The highest BCUT2D eigenvalue weighted by Crippen LogP contribution is 2.28. The summed E-state index contributed by atoms with van der Waals surface area (Å²) in [7, 11) is 0. The van der Waals surface area contributed by atoms with Crippen molar-refractivity contribution in [2.45, 2.75) is 19.9 Å². The highest BCUT2D eigenvalue weighted by molar-refractivity contribution is 6.30. The lowest BCUT2D eigenvalue weighted by Gasteiger charge is -2.12. The minimum atomic E-state index is -0.317. The molecule has 36 heavy (non-hydrogen) atoms. The Balaban J connectivity index is 0.00000115. The lowest BCUT2D eigenvalue weighted by molar-refractivity contribution is -0.123. The topological polar surface area (TPSA) is 126 Å². The largest absolute Gasteiger partial charge is 0.492 e. The van der Waals surface area contributed by atoms with Gasteiger partial charge in [-0.3, -0.25) is 14.4 Å². The molecule has 2 heterocycles. The summed E-state index contributed by atoms with van der Waals surface area (Å²) in [6, 6.07) is 17.0. The summed E-state index contributed by atoms with van der Waals surface area (Å²) in [6.45, 7) is 5.39. The predicted octanol–water partition coefficient (Wildman–Crippen LogP) is 2.80. The van der Waals surface area contributed by atoms with Gasteiger partial charge in [0.25, 0.3) is 12.4 Å². The van der Waals surface area contributed by atoms with E-state index in [1.54, 1.807) is 22.9 Å². The Hall–Kier alpha value is -3.89. The maximum atomic E-state index is 13.0. The molecule has 1 aliphatic heterocycles. The van der Waals surface area contributed by atoms with Crippen LogP contribution in [0, 0.1) is 0 Å². The highest BCUT2D eigenvalue weighted by atomic mass is 35.5. The van der Waals surface area contributed by atoms with Crippen molar-refractivity contribution in [1.82, 2.24) is 25.3 Å². The number of rotatable bonds is 8. The van der Waals surface area contributed by atoms with Crippen LogP contribution in [0.25, 0.3) is 16.9 Å². The first-order chi connectivity index (χ1) is 17.3. The van der Waals surface area contributed by atoms with Gasteiger partial charge in [0.1, 0.15) is 18.9 Å². The number of carboxylic acid groups (broad SMARTS) is 1. The number of halogens is 1. The van der Waals surface area contributed by atoms with E-state index in [4.69, 9.17) is 26.2 Å². The van der Waals surface area contributed by atoms with Crippen molar-refractivity contribution >= 4 is 29.9 Å². The number of carbonyl (C=O) groups is 3. The van der Waals surface area contributed by atoms with E-state index >= 15 is 0 Å².